The number of ether oxygens (including phenoxy) is 4. The van der Waals surface area contributed by atoms with Gasteiger partial charge in [-0.3, -0.25) is 14.5 Å². The van der Waals surface area contributed by atoms with Crippen LogP contribution in [0.3, 0.4) is 0 Å². The van der Waals surface area contributed by atoms with E-state index in [0.717, 1.165) is 5.56 Å². The van der Waals surface area contributed by atoms with Gasteiger partial charge < -0.3 is 29.2 Å². The lowest BCUT2D eigenvalue weighted by molar-refractivity contribution is -0.132. The molecule has 0 radical (unpaired) electrons. The predicted molar refractivity (Wildman–Crippen MR) is 151 cm³/mol. The first-order chi connectivity index (χ1) is 19.2. The summed E-state index contributed by atoms with van der Waals surface area (Å²) in [7, 11) is 4.37. The van der Waals surface area contributed by atoms with Crippen LogP contribution < -0.4 is 23.8 Å². The van der Waals surface area contributed by atoms with Gasteiger partial charge in [-0.2, -0.15) is 0 Å². The van der Waals surface area contributed by atoms with Crippen LogP contribution in [0.15, 0.2) is 60.2 Å². The van der Waals surface area contributed by atoms with Gasteiger partial charge in [-0.1, -0.05) is 26.0 Å². The van der Waals surface area contributed by atoms with Gasteiger partial charge in [0.25, 0.3) is 11.7 Å². The second kappa shape index (κ2) is 11.6. The highest BCUT2D eigenvalue weighted by Crippen LogP contribution is 2.48. The van der Waals surface area contributed by atoms with Crippen LogP contribution in [-0.4, -0.2) is 49.8 Å². The van der Waals surface area contributed by atoms with Gasteiger partial charge in [0, 0.05) is 5.56 Å². The minimum Gasteiger partial charge on any atom is -0.507 e. The molecule has 4 rings (SSSR count). The maximum absolute atomic E-state index is 13.6. The lowest BCUT2D eigenvalue weighted by Crippen LogP contribution is -2.29. The molecule has 3 aromatic carbocycles. The third-order valence-corrected chi connectivity index (χ3v) is 6.79. The molecule has 9 heteroatoms. The average molecular weight is 548 g/mol. The number of phenolic OH excluding ortho intramolecular Hbond substituents is 1. The number of methoxy groups -OCH3 is 3. The fourth-order valence-corrected chi connectivity index (χ4v) is 4.91. The molecule has 9 nitrogen and oxygen atoms in total. The number of benzene rings is 3. The van der Waals surface area contributed by atoms with Crippen LogP contribution >= 0.6 is 0 Å². The van der Waals surface area contributed by atoms with E-state index in [0.29, 0.717) is 40.7 Å². The zero-order valence-corrected chi connectivity index (χ0v) is 23.3. The zero-order chi connectivity index (χ0) is 29.1. The summed E-state index contributed by atoms with van der Waals surface area (Å²) in [6.07, 6.45) is 0. The number of hydrogen-bond donors (Lipinski definition) is 2. The molecule has 1 saturated heterocycles. The molecule has 0 bridgehead atoms. The number of phenols is 1. The Balaban J connectivity index is 2.03. The van der Waals surface area contributed by atoms with E-state index in [1.165, 1.54) is 38.4 Å². The second-order valence-corrected chi connectivity index (χ2v) is 9.46. The third kappa shape index (κ3) is 4.90. The maximum Gasteiger partial charge on any atom is 0.300 e. The van der Waals surface area contributed by atoms with Crippen LogP contribution in [0.5, 0.6) is 28.7 Å². The molecule has 0 saturated carbocycles. The Morgan fingerprint density at radius 2 is 1.57 bits per heavy atom. The van der Waals surface area contributed by atoms with E-state index >= 15 is 0 Å². The molecule has 1 aliphatic heterocycles. The van der Waals surface area contributed by atoms with Crippen molar-refractivity contribution in [2.45, 2.75) is 32.7 Å². The van der Waals surface area contributed by atoms with E-state index in [1.54, 1.807) is 42.5 Å². The van der Waals surface area contributed by atoms with Crippen LogP contribution in [0.1, 0.15) is 49.4 Å². The van der Waals surface area contributed by atoms with Crippen LogP contribution in [0.4, 0.5) is 5.69 Å². The number of aromatic hydroxyl groups is 1. The number of carbonyl (C=O) groups excluding carboxylic acids is 2. The van der Waals surface area contributed by atoms with Gasteiger partial charge in [0.2, 0.25) is 5.75 Å². The highest BCUT2D eigenvalue weighted by Gasteiger charge is 2.48. The summed E-state index contributed by atoms with van der Waals surface area (Å²) in [6.45, 7) is 6.34. The number of carbonyl (C=O) groups is 2. The first-order valence-corrected chi connectivity index (χ1v) is 12.8. The number of anilines is 1. The SMILES string of the molecule is CCOc1ccc(/C(O)=C2\C(=O)C(=O)N(c3ccccc3O)C2c2cc(OC)c(OC)c(OC)c2)cc1C(C)C. The van der Waals surface area contributed by atoms with Gasteiger partial charge in [-0.05, 0) is 66.4 Å². The summed E-state index contributed by atoms with van der Waals surface area (Å²) in [5, 5.41) is 22.3. The van der Waals surface area contributed by atoms with E-state index < -0.39 is 17.7 Å². The summed E-state index contributed by atoms with van der Waals surface area (Å²) in [5.41, 5.74) is 1.54. The average Bonchev–Trinajstić information content (AvgIpc) is 3.22. The van der Waals surface area contributed by atoms with Gasteiger partial charge in [-0.15, -0.1) is 0 Å². The number of aliphatic hydroxyl groups is 1. The number of hydrogen-bond acceptors (Lipinski definition) is 8. The Kier molecular flexibility index (Phi) is 8.23. The highest BCUT2D eigenvalue weighted by molar-refractivity contribution is 6.52. The van der Waals surface area contributed by atoms with E-state index in [9.17, 15) is 19.8 Å². The maximum atomic E-state index is 13.6. The minimum absolute atomic E-state index is 0.0592. The highest BCUT2D eigenvalue weighted by atomic mass is 16.5. The molecule has 210 valence electrons. The van der Waals surface area contributed by atoms with Crippen molar-refractivity contribution in [3.63, 3.8) is 0 Å². The first kappa shape index (κ1) is 28.4. The third-order valence-electron chi connectivity index (χ3n) is 6.79. The predicted octanol–water partition coefficient (Wildman–Crippen LogP) is 5.57. The van der Waals surface area contributed by atoms with Gasteiger partial charge >= 0.3 is 0 Å². The molecule has 2 N–H and O–H groups in total. The number of rotatable bonds is 9. The van der Waals surface area contributed by atoms with E-state index in [2.05, 4.69) is 0 Å². The van der Waals surface area contributed by atoms with Crippen molar-refractivity contribution < 1.29 is 38.7 Å². The Bertz CT molecular complexity index is 1450. The second-order valence-electron chi connectivity index (χ2n) is 9.46. The monoisotopic (exact) mass is 547 g/mol. The molecule has 1 fully saturated rings. The Labute approximate surface area is 233 Å². The van der Waals surface area contributed by atoms with Crippen molar-refractivity contribution in [3.8, 4) is 28.7 Å². The van der Waals surface area contributed by atoms with Crippen LogP contribution in [0, 0.1) is 0 Å². The van der Waals surface area contributed by atoms with E-state index in [1.807, 2.05) is 20.8 Å². The fourth-order valence-electron chi connectivity index (χ4n) is 4.91. The summed E-state index contributed by atoms with van der Waals surface area (Å²) in [5.74, 6) is -0.734. The summed E-state index contributed by atoms with van der Waals surface area (Å²) in [4.78, 5) is 28.3. The van der Waals surface area contributed by atoms with Crippen LogP contribution in [0.2, 0.25) is 0 Å². The van der Waals surface area contributed by atoms with Gasteiger partial charge in [-0.25, -0.2) is 0 Å². The van der Waals surface area contributed by atoms with Gasteiger partial charge in [0.1, 0.15) is 17.3 Å². The van der Waals surface area contributed by atoms with Crippen molar-refractivity contribution in [1.29, 1.82) is 0 Å². The number of ketones is 1. The number of Topliss-reactive ketones (excluding diaryl/α,β-unsaturated/α-hetero) is 1. The molecular formula is C31H33NO8. The summed E-state index contributed by atoms with van der Waals surface area (Å²) < 4.78 is 22.2. The molecule has 1 heterocycles. The molecule has 1 amide bonds. The number of aliphatic hydroxyl groups excluding tert-OH is 1. The molecule has 3 aromatic rings. The molecule has 0 aliphatic carbocycles. The number of amides is 1. The Morgan fingerprint density at radius 3 is 2.12 bits per heavy atom. The van der Waals surface area contributed by atoms with E-state index in [4.69, 9.17) is 18.9 Å². The van der Waals surface area contributed by atoms with Gasteiger partial charge in [0.15, 0.2) is 11.5 Å². The topological polar surface area (TPSA) is 115 Å². The molecular weight excluding hydrogens is 514 g/mol. The zero-order valence-electron chi connectivity index (χ0n) is 23.3. The summed E-state index contributed by atoms with van der Waals surface area (Å²) >= 11 is 0. The number of para-hydroxylation sites is 2. The van der Waals surface area contributed by atoms with Crippen molar-refractivity contribution in [1.82, 2.24) is 0 Å². The minimum atomic E-state index is -1.13. The molecule has 0 spiro atoms. The fraction of sp³-hybridized carbons (Fsp3) is 0.290. The quantitative estimate of drug-likeness (QED) is 0.203. The molecule has 0 aromatic heterocycles. The van der Waals surface area contributed by atoms with Crippen molar-refractivity contribution in [2.24, 2.45) is 0 Å². The summed E-state index contributed by atoms with van der Waals surface area (Å²) in [6, 6.07) is 13.4. The largest absolute Gasteiger partial charge is 0.507 e. The van der Waals surface area contributed by atoms with Gasteiger partial charge in [0.05, 0.1) is 45.2 Å². The normalized spacial score (nSPS) is 16.4. The van der Waals surface area contributed by atoms with Crippen molar-refractivity contribution >= 4 is 23.1 Å². The van der Waals surface area contributed by atoms with E-state index in [-0.39, 0.29) is 28.7 Å². The molecule has 1 aliphatic rings. The van der Waals surface area contributed by atoms with Crippen molar-refractivity contribution in [2.75, 3.05) is 32.8 Å². The lowest BCUT2D eigenvalue weighted by Gasteiger charge is -2.27. The molecule has 1 atom stereocenters. The van der Waals surface area contributed by atoms with Crippen molar-refractivity contribution in [3.05, 3.63) is 76.9 Å². The molecule has 40 heavy (non-hydrogen) atoms. The van der Waals surface area contributed by atoms with Crippen LogP contribution in [-0.2, 0) is 9.59 Å². The Morgan fingerprint density at radius 1 is 0.925 bits per heavy atom. The first-order valence-electron chi connectivity index (χ1n) is 12.8. The molecule has 1 unspecified atom stereocenters. The Hall–Kier alpha value is -4.66. The lowest BCUT2D eigenvalue weighted by atomic mass is 9.92. The number of nitrogens with zero attached hydrogens (tertiary/aromatic N) is 1. The standard InChI is InChI=1S/C31H33NO8/c1-7-40-23-13-12-18(14-20(23)17(2)3)28(34)26-27(19-15-24(37-4)30(39-6)25(16-19)38-5)32(31(36)29(26)35)21-10-8-9-11-22(21)33/h8-17,27,33-34H,7H2,1-6H3/b28-26+. The smallest absolute Gasteiger partial charge is 0.300 e. The van der Waals surface area contributed by atoms with Crippen LogP contribution in [0.25, 0.3) is 5.76 Å².